The average Bonchev–Trinajstić information content (AvgIpc) is 0.811. The van der Waals surface area contributed by atoms with Gasteiger partial charge in [0.1, 0.15) is 0 Å². The van der Waals surface area contributed by atoms with E-state index in [0.29, 0.717) is 0 Å². The molecule has 0 aromatic carbocycles. The van der Waals surface area contributed by atoms with E-state index in [9.17, 15) is 0 Å². The molecular weight excluding hydrogens is 312 g/mol. The first-order valence-electron chi connectivity index (χ1n) is 0.565. The molecular formula is H7Cl6O3V. The third-order valence-corrected chi connectivity index (χ3v) is 0. The predicted octanol–water partition coefficient (Wildman–Crippen LogP) is 1.73. The molecule has 1 N–H and O–H groups in total. The molecule has 0 aromatic heterocycles. The molecule has 3 nitrogen and oxygen atoms in total. The van der Waals surface area contributed by atoms with Crippen LogP contribution in [-0.4, -0.2) is 4.03 Å². The Morgan fingerprint density at radius 2 is 0.700 bits per heavy atom. The van der Waals surface area contributed by atoms with E-state index in [1.165, 1.54) is 0 Å². The first kappa shape index (κ1) is 59.0. The fraction of sp³-hybridized carbons (Fsp3) is 0. The van der Waals surface area contributed by atoms with Crippen molar-refractivity contribution in [2.75, 3.05) is 0 Å². The number of hydrogen-bond acceptors (Lipinski definition) is 2. The molecule has 10 heavy (non-hydrogen) atoms. The maximum atomic E-state index is 8.67. The summed E-state index contributed by atoms with van der Waals surface area (Å²) < 4.78 is 24.4. The van der Waals surface area contributed by atoms with Crippen LogP contribution in [0.2, 0.25) is 0 Å². The van der Waals surface area contributed by atoms with Gasteiger partial charge in [-0.05, 0) is 0 Å². The summed E-state index contributed by atoms with van der Waals surface area (Å²) in [6, 6.07) is 0. The van der Waals surface area contributed by atoms with Gasteiger partial charge >= 0.3 is 26.8 Å². The molecule has 0 aromatic rings. The maximum absolute atomic E-state index is 8.67. The Hall–Kier alpha value is 1.88. The fourth-order valence-corrected chi connectivity index (χ4v) is 0. The van der Waals surface area contributed by atoms with Crippen molar-refractivity contribution < 1.29 is 26.8 Å². The second-order valence-electron chi connectivity index (χ2n) is 0.238. The monoisotopic (exact) mass is 316 g/mol. The van der Waals surface area contributed by atoms with Crippen molar-refractivity contribution in [3.8, 4) is 0 Å². The van der Waals surface area contributed by atoms with Crippen LogP contribution < -0.4 is 0 Å². The SMILES string of the molecule is Cl.Cl.Cl.Cl.Cl.Cl.[O]=[V](=[O])[OH]. The molecule has 0 bridgehead atoms. The van der Waals surface area contributed by atoms with Gasteiger partial charge in [0.15, 0.2) is 0 Å². The quantitative estimate of drug-likeness (QED) is 0.740. The van der Waals surface area contributed by atoms with Gasteiger partial charge in [-0.1, -0.05) is 0 Å². The predicted molar refractivity (Wildman–Crippen MR) is 47.1 cm³/mol. The van der Waals surface area contributed by atoms with Crippen LogP contribution in [0.3, 0.4) is 0 Å². The third kappa shape index (κ3) is 220. The second kappa shape index (κ2) is 44.6. The zero-order valence-corrected chi connectivity index (χ0v) is 10.5. The van der Waals surface area contributed by atoms with E-state index in [2.05, 4.69) is 0 Å². The van der Waals surface area contributed by atoms with Gasteiger partial charge < -0.3 is 0 Å². The van der Waals surface area contributed by atoms with Crippen molar-refractivity contribution in [3.63, 3.8) is 0 Å². The van der Waals surface area contributed by atoms with Crippen molar-refractivity contribution in [1.82, 2.24) is 0 Å². The van der Waals surface area contributed by atoms with Gasteiger partial charge in [-0.15, -0.1) is 74.4 Å². The summed E-state index contributed by atoms with van der Waals surface area (Å²) >= 11 is -3.69. The van der Waals surface area contributed by atoms with Crippen LogP contribution in [0.25, 0.3) is 0 Å². The van der Waals surface area contributed by atoms with Gasteiger partial charge in [-0.25, -0.2) is 0 Å². The molecule has 0 rings (SSSR count). The Labute approximate surface area is 101 Å². The van der Waals surface area contributed by atoms with E-state index in [-0.39, 0.29) is 74.4 Å². The summed E-state index contributed by atoms with van der Waals surface area (Å²) in [6.07, 6.45) is 0. The van der Waals surface area contributed by atoms with Gasteiger partial charge in [0, 0.05) is 0 Å². The normalized spacial score (nSPS) is 2.50. The van der Waals surface area contributed by atoms with E-state index >= 15 is 0 Å². The molecule has 10 heteroatoms. The molecule has 0 aliphatic heterocycles. The second-order valence-corrected chi connectivity index (χ2v) is 0.981. The zero-order valence-electron chi connectivity index (χ0n) is 4.16. The molecule has 0 atom stereocenters. The fourth-order valence-electron chi connectivity index (χ4n) is 0. The van der Waals surface area contributed by atoms with Crippen LogP contribution in [0.4, 0.5) is 0 Å². The molecule has 0 fully saturated rings. The van der Waals surface area contributed by atoms with Gasteiger partial charge in [0.05, 0.1) is 0 Å². The molecule has 0 saturated heterocycles. The van der Waals surface area contributed by atoms with Crippen LogP contribution in [0.1, 0.15) is 0 Å². The van der Waals surface area contributed by atoms with Crippen LogP contribution >= 0.6 is 74.4 Å². The third-order valence-electron chi connectivity index (χ3n) is 0. The summed E-state index contributed by atoms with van der Waals surface area (Å²) in [6.45, 7) is 0. The molecule has 72 valence electrons. The molecule has 0 saturated carbocycles. The average molecular weight is 319 g/mol. The minimum atomic E-state index is -3.69. The van der Waals surface area contributed by atoms with Crippen LogP contribution in [-0.2, 0) is 22.7 Å². The van der Waals surface area contributed by atoms with E-state index in [1.807, 2.05) is 0 Å². The van der Waals surface area contributed by atoms with Gasteiger partial charge in [0.2, 0.25) is 0 Å². The van der Waals surface area contributed by atoms with Crippen LogP contribution in [0, 0.1) is 0 Å². The Kier molecular flexibility index (Phi) is 263. The van der Waals surface area contributed by atoms with Crippen molar-refractivity contribution in [1.29, 1.82) is 0 Å². The number of hydrogen-bond donors (Lipinski definition) is 1. The van der Waals surface area contributed by atoms with Crippen molar-refractivity contribution >= 4 is 74.4 Å². The topological polar surface area (TPSA) is 54.4 Å². The van der Waals surface area contributed by atoms with E-state index < -0.39 is 15.4 Å². The first-order valence-corrected chi connectivity index (χ1v) is 2.33. The molecule has 0 aliphatic rings. The standard InChI is InChI=1S/6ClH.H2O.2O.V/h6*1H;1H2;;;/q;;;;;;;;;+1/p-1. The molecule has 0 amide bonds. The molecule has 0 aliphatic carbocycles. The molecule has 0 spiro atoms. The van der Waals surface area contributed by atoms with Crippen molar-refractivity contribution in [2.24, 2.45) is 0 Å². The van der Waals surface area contributed by atoms with Crippen molar-refractivity contribution in [3.05, 3.63) is 0 Å². The first-order chi connectivity index (χ1) is 1.73. The van der Waals surface area contributed by atoms with Gasteiger partial charge in [-0.2, -0.15) is 0 Å². The molecule has 0 heterocycles. The van der Waals surface area contributed by atoms with E-state index in [0.717, 1.165) is 0 Å². The van der Waals surface area contributed by atoms with Crippen molar-refractivity contribution in [2.45, 2.75) is 0 Å². The summed E-state index contributed by atoms with van der Waals surface area (Å²) in [5.41, 5.74) is 0. The Morgan fingerprint density at radius 3 is 0.700 bits per heavy atom. The van der Waals surface area contributed by atoms with E-state index in [4.69, 9.17) is 11.4 Å². The van der Waals surface area contributed by atoms with E-state index in [1.54, 1.807) is 0 Å². The number of rotatable bonds is 0. The summed E-state index contributed by atoms with van der Waals surface area (Å²) in [7, 11) is 0. The van der Waals surface area contributed by atoms with Gasteiger partial charge in [0.25, 0.3) is 0 Å². The van der Waals surface area contributed by atoms with Crippen LogP contribution in [0.15, 0.2) is 0 Å². The zero-order chi connectivity index (χ0) is 3.58. The summed E-state index contributed by atoms with van der Waals surface area (Å²) in [5.74, 6) is 0. The summed E-state index contributed by atoms with van der Waals surface area (Å²) in [5, 5.41) is 0. The summed E-state index contributed by atoms with van der Waals surface area (Å²) in [4.78, 5) is 0. The minimum absolute atomic E-state index is 0. The number of halogens is 6. The molecule has 0 unspecified atom stereocenters. The Morgan fingerprint density at radius 1 is 0.700 bits per heavy atom. The van der Waals surface area contributed by atoms with Crippen LogP contribution in [0.5, 0.6) is 0 Å². The Balaban J connectivity index is -0.00000000300. The Bertz CT molecular complexity index is 61.4. The van der Waals surface area contributed by atoms with Gasteiger partial charge in [-0.3, -0.25) is 0 Å². The molecule has 0 radical (unpaired) electrons.